The monoisotopic (exact) mass is 580 g/mol. The molecule has 0 bridgehead atoms. The maximum Gasteiger partial charge on any atom is 0.304 e. The van der Waals surface area contributed by atoms with Crippen LogP contribution in [0.15, 0.2) is 48.5 Å². The van der Waals surface area contributed by atoms with E-state index >= 15 is 0 Å². The number of carbonyl (C=O) groups excluding carboxylic acids is 1. The predicted octanol–water partition coefficient (Wildman–Crippen LogP) is 5.64. The van der Waals surface area contributed by atoms with Crippen LogP contribution in [0.5, 0.6) is 0 Å². The molecule has 206 valence electrons. The molecule has 4 atom stereocenters. The van der Waals surface area contributed by atoms with Gasteiger partial charge in [0.25, 0.3) is 0 Å². The van der Waals surface area contributed by atoms with Crippen molar-refractivity contribution >= 4 is 45.1 Å². The number of carbonyl (C=O) groups is 2. The van der Waals surface area contributed by atoms with Crippen LogP contribution < -0.4 is 4.72 Å². The lowest BCUT2D eigenvalue weighted by Gasteiger charge is -2.52. The average molecular weight is 582 g/mol. The smallest absolute Gasteiger partial charge is 0.304 e. The first-order valence-corrected chi connectivity index (χ1v) is 15.2. The van der Waals surface area contributed by atoms with E-state index in [9.17, 15) is 23.1 Å². The zero-order valence-corrected chi connectivity index (χ0v) is 24.1. The summed E-state index contributed by atoms with van der Waals surface area (Å²) in [7, 11) is -3.58. The van der Waals surface area contributed by atoms with Gasteiger partial charge < -0.3 is 10.0 Å². The van der Waals surface area contributed by atoms with E-state index in [1.807, 2.05) is 30.3 Å². The van der Waals surface area contributed by atoms with Gasteiger partial charge in [0.1, 0.15) is 0 Å². The first-order valence-electron chi connectivity index (χ1n) is 12.9. The van der Waals surface area contributed by atoms with Crippen LogP contribution in [0.3, 0.4) is 0 Å². The van der Waals surface area contributed by atoms with E-state index in [1.54, 1.807) is 43.9 Å². The van der Waals surface area contributed by atoms with Crippen LogP contribution >= 0.6 is 23.2 Å². The van der Waals surface area contributed by atoms with Crippen molar-refractivity contribution in [1.82, 2.24) is 9.62 Å². The highest BCUT2D eigenvalue weighted by Gasteiger charge is 2.54. The van der Waals surface area contributed by atoms with Gasteiger partial charge in [-0.3, -0.25) is 9.59 Å². The fraction of sp³-hybridized carbons (Fsp3) is 0.500. The molecular weight excluding hydrogens is 547 g/mol. The average Bonchev–Trinajstić information content (AvgIpc) is 3.67. The number of piperidine rings is 1. The Morgan fingerprint density at radius 3 is 2.32 bits per heavy atom. The molecule has 1 heterocycles. The van der Waals surface area contributed by atoms with Gasteiger partial charge in [-0.2, -0.15) is 0 Å². The van der Waals surface area contributed by atoms with E-state index in [4.69, 9.17) is 23.2 Å². The Morgan fingerprint density at radius 1 is 1.11 bits per heavy atom. The van der Waals surface area contributed by atoms with Crippen LogP contribution in [0.4, 0.5) is 0 Å². The SMILES string of the molecule is CC(C)S(=O)(=O)NCC(C1CC1)N1C(=O)[C@@](C)(CC(=O)O)C[C@H](c2cccc(Cl)c2)[C@H]1c1ccc(Cl)cc1. The van der Waals surface area contributed by atoms with Gasteiger partial charge in [0.2, 0.25) is 15.9 Å². The summed E-state index contributed by atoms with van der Waals surface area (Å²) >= 11 is 12.6. The second kappa shape index (κ2) is 11.2. The molecule has 2 aliphatic rings. The molecule has 1 amide bonds. The number of carboxylic acids is 1. The summed E-state index contributed by atoms with van der Waals surface area (Å²) in [5.74, 6) is -1.51. The van der Waals surface area contributed by atoms with Crippen LogP contribution in [0, 0.1) is 11.3 Å². The number of likely N-dealkylation sites (tertiary alicyclic amines) is 1. The highest BCUT2D eigenvalue weighted by atomic mass is 35.5. The number of sulfonamides is 1. The largest absolute Gasteiger partial charge is 0.481 e. The van der Waals surface area contributed by atoms with Crippen molar-refractivity contribution in [3.63, 3.8) is 0 Å². The second-order valence-corrected chi connectivity index (χ2v) is 14.2. The van der Waals surface area contributed by atoms with Gasteiger partial charge in [0.15, 0.2) is 0 Å². The molecule has 10 heteroatoms. The van der Waals surface area contributed by atoms with E-state index < -0.39 is 38.7 Å². The third-order valence-electron chi connectivity index (χ3n) is 7.77. The van der Waals surface area contributed by atoms with Gasteiger partial charge in [0.05, 0.1) is 23.1 Å². The number of hydrogen-bond donors (Lipinski definition) is 2. The molecule has 0 radical (unpaired) electrons. The Bertz CT molecular complexity index is 1300. The highest BCUT2D eigenvalue weighted by Crippen LogP contribution is 2.54. The zero-order chi connectivity index (χ0) is 27.8. The third-order valence-corrected chi connectivity index (χ3v) is 10.1. The lowest BCUT2D eigenvalue weighted by molar-refractivity contribution is -0.161. The van der Waals surface area contributed by atoms with Crippen molar-refractivity contribution < 1.29 is 23.1 Å². The summed E-state index contributed by atoms with van der Waals surface area (Å²) in [6.07, 6.45) is 1.70. The van der Waals surface area contributed by atoms with Gasteiger partial charge in [-0.1, -0.05) is 54.4 Å². The molecule has 0 aromatic heterocycles. The standard InChI is InChI=1S/C28H34Cl2N2O5S/c1-17(2)38(36,37)31-16-24(18-7-8-18)32-26(19-9-11-21(29)12-10-19)23(20-5-4-6-22(30)13-20)14-28(3,27(32)35)15-25(33)34/h4-6,9-13,17-18,23-24,26,31H,7-8,14-16H2,1-3H3,(H,33,34)/t23-,24?,26-,28-/m1/s1. The fourth-order valence-electron chi connectivity index (χ4n) is 5.59. The predicted molar refractivity (Wildman–Crippen MR) is 149 cm³/mol. The van der Waals surface area contributed by atoms with Crippen molar-refractivity contribution in [2.45, 2.75) is 69.7 Å². The van der Waals surface area contributed by atoms with Crippen LogP contribution in [-0.2, 0) is 19.6 Å². The number of aliphatic carboxylic acids is 1. The van der Waals surface area contributed by atoms with E-state index in [2.05, 4.69) is 4.72 Å². The number of rotatable bonds is 10. The second-order valence-electron chi connectivity index (χ2n) is 11.1. The third kappa shape index (κ3) is 6.19. The van der Waals surface area contributed by atoms with Gasteiger partial charge >= 0.3 is 5.97 Å². The van der Waals surface area contributed by atoms with Crippen LogP contribution in [0.2, 0.25) is 10.0 Å². The lowest BCUT2D eigenvalue weighted by atomic mass is 9.67. The fourth-order valence-corrected chi connectivity index (χ4v) is 6.65. The summed E-state index contributed by atoms with van der Waals surface area (Å²) in [6, 6.07) is 13.8. The number of amides is 1. The number of nitrogens with zero attached hydrogens (tertiary/aromatic N) is 1. The molecule has 0 spiro atoms. The van der Waals surface area contributed by atoms with Gasteiger partial charge in [-0.25, -0.2) is 13.1 Å². The van der Waals surface area contributed by atoms with Crippen LogP contribution in [-0.4, -0.2) is 48.1 Å². The minimum Gasteiger partial charge on any atom is -0.481 e. The minimum absolute atomic E-state index is 0.0619. The molecule has 1 aliphatic heterocycles. The summed E-state index contributed by atoms with van der Waals surface area (Å²) in [4.78, 5) is 28.1. The van der Waals surface area contributed by atoms with Crippen molar-refractivity contribution in [3.05, 3.63) is 69.7 Å². The first-order chi connectivity index (χ1) is 17.8. The summed E-state index contributed by atoms with van der Waals surface area (Å²) in [5, 5.41) is 10.3. The Kier molecular flexibility index (Phi) is 8.48. The number of halogens is 2. The normalized spacial score (nSPS) is 25.0. The van der Waals surface area contributed by atoms with Gasteiger partial charge in [-0.15, -0.1) is 0 Å². The van der Waals surface area contributed by atoms with Crippen LogP contribution in [0.1, 0.15) is 69.5 Å². The Hall–Kier alpha value is -2.13. The Balaban J connectivity index is 1.88. The number of nitrogens with one attached hydrogen (secondary N) is 1. The zero-order valence-electron chi connectivity index (χ0n) is 21.7. The Labute approximate surface area is 234 Å². The molecule has 38 heavy (non-hydrogen) atoms. The summed E-state index contributed by atoms with van der Waals surface area (Å²) in [5.41, 5.74) is 0.553. The van der Waals surface area contributed by atoms with E-state index in [0.29, 0.717) is 16.5 Å². The molecule has 1 saturated carbocycles. The molecule has 2 fully saturated rings. The van der Waals surface area contributed by atoms with E-state index in [-0.39, 0.29) is 30.7 Å². The summed E-state index contributed by atoms with van der Waals surface area (Å²) in [6.45, 7) is 4.98. The Morgan fingerprint density at radius 2 is 1.76 bits per heavy atom. The van der Waals surface area contributed by atoms with Crippen LogP contribution in [0.25, 0.3) is 0 Å². The number of carboxylic acid groups (broad SMARTS) is 1. The summed E-state index contributed by atoms with van der Waals surface area (Å²) < 4.78 is 28.1. The topological polar surface area (TPSA) is 104 Å². The van der Waals surface area contributed by atoms with Crippen molar-refractivity contribution in [3.8, 4) is 0 Å². The maximum atomic E-state index is 14.3. The molecule has 2 aromatic rings. The minimum atomic E-state index is -3.58. The molecule has 1 saturated heterocycles. The van der Waals surface area contributed by atoms with E-state index in [1.165, 1.54) is 0 Å². The first kappa shape index (κ1) is 28.9. The van der Waals surface area contributed by atoms with Crippen molar-refractivity contribution in [2.75, 3.05) is 6.54 Å². The quantitative estimate of drug-likeness (QED) is 0.378. The molecule has 1 aliphatic carbocycles. The molecule has 4 rings (SSSR count). The van der Waals surface area contributed by atoms with Gasteiger partial charge in [-0.05, 0) is 74.4 Å². The number of hydrogen-bond acceptors (Lipinski definition) is 4. The lowest BCUT2D eigenvalue weighted by Crippen LogP contribution is -2.59. The molecule has 1 unspecified atom stereocenters. The molecule has 2 aromatic carbocycles. The van der Waals surface area contributed by atoms with Gasteiger partial charge in [0, 0.05) is 28.5 Å². The molecular formula is C28H34Cl2N2O5S. The molecule has 2 N–H and O–H groups in total. The number of benzene rings is 2. The van der Waals surface area contributed by atoms with E-state index in [0.717, 1.165) is 24.0 Å². The molecule has 7 nitrogen and oxygen atoms in total. The highest BCUT2D eigenvalue weighted by molar-refractivity contribution is 7.90. The maximum absolute atomic E-state index is 14.3. The van der Waals surface area contributed by atoms with Crippen molar-refractivity contribution in [1.29, 1.82) is 0 Å². The van der Waals surface area contributed by atoms with Crippen molar-refractivity contribution in [2.24, 2.45) is 11.3 Å².